The number of benzene rings is 1. The molecular weight excluding hydrogens is 388 g/mol. The molecule has 2 amide bonds. The van der Waals surface area contributed by atoms with Gasteiger partial charge in [0.05, 0.1) is 12.7 Å². The molecule has 2 saturated heterocycles. The van der Waals surface area contributed by atoms with Crippen molar-refractivity contribution >= 4 is 17.6 Å². The standard InChI is InChI=1S/C22H35ClN4O2/c1-18(2)15-26-12-13-29-21(17-26)14-24-22(28)27-9-3-8-25(10-11-27)16-19-4-6-20(23)7-5-19/h4-7,18,21H,3,8-17H2,1-2H3,(H,24,28). The molecule has 2 aliphatic rings. The van der Waals surface area contributed by atoms with E-state index in [-0.39, 0.29) is 12.1 Å². The molecule has 2 fully saturated rings. The summed E-state index contributed by atoms with van der Waals surface area (Å²) in [5.74, 6) is 0.649. The molecule has 1 unspecified atom stereocenters. The van der Waals surface area contributed by atoms with Gasteiger partial charge in [0.1, 0.15) is 0 Å². The van der Waals surface area contributed by atoms with Crippen molar-refractivity contribution in [3.8, 4) is 0 Å². The highest BCUT2D eigenvalue weighted by atomic mass is 35.5. The second-order valence-electron chi connectivity index (χ2n) is 8.58. The molecule has 1 N–H and O–H groups in total. The topological polar surface area (TPSA) is 48.1 Å². The number of rotatable bonds is 6. The van der Waals surface area contributed by atoms with Gasteiger partial charge in [0.15, 0.2) is 0 Å². The molecule has 0 aromatic heterocycles. The van der Waals surface area contributed by atoms with Gasteiger partial charge in [0.25, 0.3) is 0 Å². The molecular formula is C22H35ClN4O2. The Balaban J connectivity index is 1.40. The summed E-state index contributed by atoms with van der Waals surface area (Å²) in [6.07, 6.45) is 1.07. The van der Waals surface area contributed by atoms with Crippen LogP contribution in [0.4, 0.5) is 4.79 Å². The van der Waals surface area contributed by atoms with Crippen LogP contribution in [-0.2, 0) is 11.3 Å². The first-order chi connectivity index (χ1) is 14.0. The van der Waals surface area contributed by atoms with E-state index in [0.29, 0.717) is 12.5 Å². The average Bonchev–Trinajstić information content (AvgIpc) is 2.93. The van der Waals surface area contributed by atoms with Crippen LogP contribution in [0.1, 0.15) is 25.8 Å². The molecule has 0 radical (unpaired) electrons. The third kappa shape index (κ3) is 7.45. The van der Waals surface area contributed by atoms with Gasteiger partial charge < -0.3 is 15.0 Å². The predicted octanol–water partition coefficient (Wildman–Crippen LogP) is 2.91. The molecule has 1 aromatic carbocycles. The van der Waals surface area contributed by atoms with Crippen LogP contribution >= 0.6 is 11.6 Å². The number of morpholine rings is 1. The van der Waals surface area contributed by atoms with Gasteiger partial charge in [-0.15, -0.1) is 0 Å². The molecule has 3 rings (SSSR count). The molecule has 2 aliphatic heterocycles. The van der Waals surface area contributed by atoms with Gasteiger partial charge in [0.2, 0.25) is 0 Å². The third-order valence-electron chi connectivity index (χ3n) is 5.52. The van der Waals surface area contributed by atoms with Crippen LogP contribution in [0.3, 0.4) is 0 Å². The lowest BCUT2D eigenvalue weighted by Crippen LogP contribution is -2.50. The Morgan fingerprint density at radius 3 is 2.69 bits per heavy atom. The van der Waals surface area contributed by atoms with E-state index in [1.54, 1.807) is 0 Å². The van der Waals surface area contributed by atoms with Crippen molar-refractivity contribution in [2.24, 2.45) is 5.92 Å². The zero-order valence-corrected chi connectivity index (χ0v) is 18.5. The highest BCUT2D eigenvalue weighted by Crippen LogP contribution is 2.13. The Labute approximate surface area is 180 Å². The fraction of sp³-hybridized carbons (Fsp3) is 0.682. The molecule has 162 valence electrons. The first-order valence-corrected chi connectivity index (χ1v) is 11.2. The Kier molecular flexibility index (Phi) is 8.60. The van der Waals surface area contributed by atoms with Crippen molar-refractivity contribution in [3.63, 3.8) is 0 Å². The number of ether oxygens (including phenoxy) is 1. The maximum Gasteiger partial charge on any atom is 0.317 e. The second-order valence-corrected chi connectivity index (χ2v) is 9.01. The molecule has 29 heavy (non-hydrogen) atoms. The van der Waals surface area contributed by atoms with Gasteiger partial charge in [-0.2, -0.15) is 0 Å². The lowest BCUT2D eigenvalue weighted by atomic mass is 10.2. The van der Waals surface area contributed by atoms with E-state index in [2.05, 4.69) is 41.1 Å². The van der Waals surface area contributed by atoms with Crippen LogP contribution in [0.15, 0.2) is 24.3 Å². The zero-order chi connectivity index (χ0) is 20.6. The maximum absolute atomic E-state index is 12.7. The summed E-state index contributed by atoms with van der Waals surface area (Å²) in [6.45, 7) is 13.1. The van der Waals surface area contributed by atoms with E-state index >= 15 is 0 Å². The van der Waals surface area contributed by atoms with Crippen molar-refractivity contribution in [2.75, 3.05) is 59.0 Å². The van der Waals surface area contributed by atoms with Crippen molar-refractivity contribution in [3.05, 3.63) is 34.9 Å². The third-order valence-corrected chi connectivity index (χ3v) is 5.77. The summed E-state index contributed by atoms with van der Waals surface area (Å²) in [7, 11) is 0. The molecule has 1 aromatic rings. The van der Waals surface area contributed by atoms with Gasteiger partial charge in [-0.05, 0) is 30.0 Å². The van der Waals surface area contributed by atoms with Crippen LogP contribution in [0, 0.1) is 5.92 Å². The fourth-order valence-corrected chi connectivity index (χ4v) is 4.21. The second kappa shape index (κ2) is 11.2. The lowest BCUT2D eigenvalue weighted by molar-refractivity contribution is -0.0294. The van der Waals surface area contributed by atoms with Gasteiger partial charge in [-0.25, -0.2) is 4.79 Å². The normalized spacial score (nSPS) is 21.9. The lowest BCUT2D eigenvalue weighted by Gasteiger charge is -2.34. The molecule has 0 aliphatic carbocycles. The molecule has 7 heteroatoms. The summed E-state index contributed by atoms with van der Waals surface area (Å²) in [5.41, 5.74) is 1.26. The number of nitrogens with zero attached hydrogens (tertiary/aromatic N) is 3. The molecule has 0 saturated carbocycles. The fourth-order valence-electron chi connectivity index (χ4n) is 4.08. The number of carbonyl (C=O) groups is 1. The van der Waals surface area contributed by atoms with E-state index in [0.717, 1.165) is 70.4 Å². The zero-order valence-electron chi connectivity index (χ0n) is 17.8. The van der Waals surface area contributed by atoms with Crippen molar-refractivity contribution in [2.45, 2.75) is 32.9 Å². The number of urea groups is 1. The van der Waals surface area contributed by atoms with Crippen LogP contribution in [0.25, 0.3) is 0 Å². The number of hydrogen-bond acceptors (Lipinski definition) is 4. The van der Waals surface area contributed by atoms with Gasteiger partial charge in [0, 0.05) is 63.9 Å². The number of nitrogens with one attached hydrogen (secondary N) is 1. The Bertz CT molecular complexity index is 640. The molecule has 2 heterocycles. The van der Waals surface area contributed by atoms with E-state index in [1.807, 2.05) is 17.0 Å². The summed E-state index contributed by atoms with van der Waals surface area (Å²) >= 11 is 5.97. The smallest absolute Gasteiger partial charge is 0.317 e. The van der Waals surface area contributed by atoms with E-state index < -0.39 is 0 Å². The van der Waals surface area contributed by atoms with Gasteiger partial charge >= 0.3 is 6.03 Å². The summed E-state index contributed by atoms with van der Waals surface area (Å²) < 4.78 is 5.85. The minimum atomic E-state index is 0.0305. The quantitative estimate of drug-likeness (QED) is 0.765. The van der Waals surface area contributed by atoms with E-state index in [9.17, 15) is 4.79 Å². The summed E-state index contributed by atoms with van der Waals surface area (Å²) in [4.78, 5) is 19.5. The number of carbonyl (C=O) groups excluding carboxylic acids is 1. The molecule has 1 atom stereocenters. The van der Waals surface area contributed by atoms with Crippen molar-refractivity contribution in [1.29, 1.82) is 0 Å². The minimum Gasteiger partial charge on any atom is -0.374 e. The van der Waals surface area contributed by atoms with Crippen LogP contribution in [0.2, 0.25) is 5.02 Å². The minimum absolute atomic E-state index is 0.0305. The Morgan fingerprint density at radius 2 is 1.93 bits per heavy atom. The predicted molar refractivity (Wildman–Crippen MR) is 117 cm³/mol. The highest BCUT2D eigenvalue weighted by molar-refractivity contribution is 6.30. The van der Waals surface area contributed by atoms with Crippen LogP contribution < -0.4 is 5.32 Å². The molecule has 6 nitrogen and oxygen atoms in total. The summed E-state index contributed by atoms with van der Waals surface area (Å²) in [5, 5.41) is 3.86. The Morgan fingerprint density at radius 1 is 1.14 bits per heavy atom. The number of hydrogen-bond donors (Lipinski definition) is 1. The number of halogens is 1. The van der Waals surface area contributed by atoms with Gasteiger partial charge in [-0.3, -0.25) is 9.80 Å². The van der Waals surface area contributed by atoms with Gasteiger partial charge in [-0.1, -0.05) is 37.6 Å². The van der Waals surface area contributed by atoms with Crippen LogP contribution in [-0.4, -0.2) is 85.8 Å². The highest BCUT2D eigenvalue weighted by Gasteiger charge is 2.23. The molecule has 0 spiro atoms. The molecule has 0 bridgehead atoms. The average molecular weight is 423 g/mol. The number of amides is 2. The first-order valence-electron chi connectivity index (χ1n) is 10.8. The SMILES string of the molecule is CC(C)CN1CCOC(CNC(=O)N2CCCN(Cc3ccc(Cl)cc3)CC2)C1. The summed E-state index contributed by atoms with van der Waals surface area (Å²) in [6, 6.07) is 8.05. The van der Waals surface area contributed by atoms with Crippen LogP contribution in [0.5, 0.6) is 0 Å². The van der Waals surface area contributed by atoms with E-state index in [4.69, 9.17) is 16.3 Å². The largest absolute Gasteiger partial charge is 0.374 e. The van der Waals surface area contributed by atoms with Crippen molar-refractivity contribution < 1.29 is 9.53 Å². The van der Waals surface area contributed by atoms with E-state index in [1.165, 1.54) is 5.56 Å². The van der Waals surface area contributed by atoms with Crippen molar-refractivity contribution in [1.82, 2.24) is 20.0 Å². The monoisotopic (exact) mass is 422 g/mol. The Hall–Kier alpha value is -1.34. The maximum atomic E-state index is 12.7. The first kappa shape index (κ1) is 22.3.